The van der Waals surface area contributed by atoms with Crippen LogP contribution in [0.25, 0.3) is 0 Å². The second-order valence-electron chi connectivity index (χ2n) is 6.88. The van der Waals surface area contributed by atoms with Crippen LogP contribution in [0.2, 0.25) is 5.02 Å². The summed E-state index contributed by atoms with van der Waals surface area (Å²) < 4.78 is 11.4. The maximum Gasteiger partial charge on any atom is 0.263 e. The lowest BCUT2D eigenvalue weighted by molar-refractivity contribution is -0.135. The van der Waals surface area contributed by atoms with Crippen LogP contribution in [-0.4, -0.2) is 29.8 Å². The predicted octanol–water partition coefficient (Wildman–Crippen LogP) is 3.28. The van der Waals surface area contributed by atoms with E-state index < -0.39 is 11.2 Å². The van der Waals surface area contributed by atoms with Crippen LogP contribution in [0.4, 0.5) is 0 Å². The third-order valence-corrected chi connectivity index (χ3v) is 4.69. The van der Waals surface area contributed by atoms with Gasteiger partial charge in [0.2, 0.25) is 0 Å². The molecule has 0 fully saturated rings. The Morgan fingerprint density at radius 2 is 1.96 bits per heavy atom. The Hall–Kier alpha value is -2.24. The first-order chi connectivity index (χ1) is 12.3. The van der Waals surface area contributed by atoms with Gasteiger partial charge in [0.25, 0.3) is 5.91 Å². The normalized spacial score (nSPS) is 19.2. The summed E-state index contributed by atoms with van der Waals surface area (Å²) in [5.74, 6) is 0.877. The highest BCUT2D eigenvalue weighted by molar-refractivity contribution is 6.30. The van der Waals surface area contributed by atoms with Crippen LogP contribution >= 0.6 is 11.6 Å². The van der Waals surface area contributed by atoms with Gasteiger partial charge in [0, 0.05) is 17.0 Å². The van der Waals surface area contributed by atoms with E-state index in [-0.39, 0.29) is 12.5 Å². The summed E-state index contributed by atoms with van der Waals surface area (Å²) >= 11 is 5.86. The molecular formula is C20H22ClNO4. The fourth-order valence-corrected chi connectivity index (χ4v) is 3.03. The lowest BCUT2D eigenvalue weighted by Gasteiger charge is -2.35. The summed E-state index contributed by atoms with van der Waals surface area (Å²) in [5, 5.41) is 14.4. The van der Waals surface area contributed by atoms with E-state index in [2.05, 4.69) is 5.32 Å². The molecular weight excluding hydrogens is 354 g/mol. The van der Waals surface area contributed by atoms with Crippen LogP contribution in [-0.2, 0) is 10.4 Å². The van der Waals surface area contributed by atoms with E-state index in [1.807, 2.05) is 24.3 Å². The molecule has 5 nitrogen and oxygen atoms in total. The maximum atomic E-state index is 12.6. The molecule has 1 atom stereocenters. The Balaban J connectivity index is 1.67. The van der Waals surface area contributed by atoms with Crippen LogP contribution in [0.15, 0.2) is 48.5 Å². The van der Waals surface area contributed by atoms with Gasteiger partial charge in [-0.3, -0.25) is 4.79 Å². The average molecular weight is 376 g/mol. The Kier molecular flexibility index (Phi) is 5.12. The quantitative estimate of drug-likeness (QED) is 0.841. The molecule has 2 aromatic rings. The Morgan fingerprint density at radius 3 is 2.69 bits per heavy atom. The second-order valence-corrected chi connectivity index (χ2v) is 7.31. The largest absolute Gasteiger partial charge is 0.493 e. The van der Waals surface area contributed by atoms with Crippen molar-refractivity contribution in [2.75, 3.05) is 13.2 Å². The van der Waals surface area contributed by atoms with E-state index in [0.29, 0.717) is 35.1 Å². The summed E-state index contributed by atoms with van der Waals surface area (Å²) in [6.07, 6.45) is 0.406. The zero-order valence-corrected chi connectivity index (χ0v) is 15.5. The van der Waals surface area contributed by atoms with Crippen molar-refractivity contribution in [2.45, 2.75) is 31.5 Å². The van der Waals surface area contributed by atoms with E-state index in [4.69, 9.17) is 21.1 Å². The van der Waals surface area contributed by atoms with E-state index >= 15 is 0 Å². The number of para-hydroxylation sites is 1. The first-order valence-corrected chi connectivity index (χ1v) is 8.86. The number of nitrogens with one attached hydrogen (secondary N) is 1. The molecule has 0 spiro atoms. The standard InChI is InChI=1S/C20H22ClNO4/c1-19(2,26-15-9-7-14(21)8-10-15)18(23)22-13-20(24)11-12-25-17-6-4-3-5-16(17)20/h3-10,24H,11-13H2,1-2H3,(H,22,23)/t20-/m0/s1. The van der Waals surface area contributed by atoms with E-state index in [0.717, 1.165) is 0 Å². The highest BCUT2D eigenvalue weighted by atomic mass is 35.5. The average Bonchev–Trinajstić information content (AvgIpc) is 2.62. The van der Waals surface area contributed by atoms with Gasteiger partial charge in [-0.05, 0) is 44.2 Å². The minimum atomic E-state index is -1.17. The molecule has 1 aliphatic heterocycles. The van der Waals surface area contributed by atoms with Crippen molar-refractivity contribution in [1.29, 1.82) is 0 Å². The van der Waals surface area contributed by atoms with Crippen molar-refractivity contribution in [1.82, 2.24) is 5.32 Å². The van der Waals surface area contributed by atoms with Crippen molar-refractivity contribution < 1.29 is 19.4 Å². The molecule has 0 unspecified atom stereocenters. The molecule has 0 saturated heterocycles. The summed E-state index contributed by atoms with van der Waals surface area (Å²) in [7, 11) is 0. The molecule has 3 rings (SSSR count). The van der Waals surface area contributed by atoms with Gasteiger partial charge in [0.1, 0.15) is 17.1 Å². The first kappa shape index (κ1) is 18.5. The SMILES string of the molecule is CC(C)(Oc1ccc(Cl)cc1)C(=O)NC[C@@]1(O)CCOc2ccccc21. The van der Waals surface area contributed by atoms with Gasteiger partial charge in [-0.1, -0.05) is 29.8 Å². The van der Waals surface area contributed by atoms with E-state index in [1.165, 1.54) is 0 Å². The molecule has 0 aliphatic carbocycles. The van der Waals surface area contributed by atoms with E-state index in [9.17, 15) is 9.90 Å². The monoisotopic (exact) mass is 375 g/mol. The molecule has 6 heteroatoms. The van der Waals surface area contributed by atoms with Crippen LogP contribution in [0.3, 0.4) is 0 Å². The number of hydrogen-bond acceptors (Lipinski definition) is 4. The van der Waals surface area contributed by atoms with Gasteiger partial charge in [0.15, 0.2) is 5.60 Å². The van der Waals surface area contributed by atoms with Gasteiger partial charge < -0.3 is 19.9 Å². The number of fused-ring (bicyclic) bond motifs is 1. The number of carbonyl (C=O) groups excluding carboxylic acids is 1. The molecule has 1 aliphatic rings. The minimum absolute atomic E-state index is 0.0830. The van der Waals surface area contributed by atoms with Crippen LogP contribution in [0.1, 0.15) is 25.8 Å². The molecule has 2 N–H and O–H groups in total. The summed E-state index contributed by atoms with van der Waals surface area (Å²) in [4.78, 5) is 12.6. The Labute approximate surface area is 157 Å². The number of carbonyl (C=O) groups is 1. The van der Waals surface area contributed by atoms with Crippen molar-refractivity contribution in [2.24, 2.45) is 0 Å². The van der Waals surface area contributed by atoms with E-state index in [1.54, 1.807) is 38.1 Å². The molecule has 0 aromatic heterocycles. The highest BCUT2D eigenvalue weighted by Gasteiger charge is 2.38. The highest BCUT2D eigenvalue weighted by Crippen LogP contribution is 2.36. The predicted molar refractivity (Wildman–Crippen MR) is 99.6 cm³/mol. The smallest absolute Gasteiger partial charge is 0.263 e. The molecule has 138 valence electrons. The van der Waals surface area contributed by atoms with Crippen molar-refractivity contribution in [3.05, 3.63) is 59.1 Å². The number of benzene rings is 2. The van der Waals surface area contributed by atoms with Gasteiger partial charge in [0.05, 0.1) is 13.2 Å². The third-order valence-electron chi connectivity index (χ3n) is 4.44. The fourth-order valence-electron chi connectivity index (χ4n) is 2.91. The zero-order chi connectivity index (χ0) is 18.8. The van der Waals surface area contributed by atoms with Gasteiger partial charge >= 0.3 is 0 Å². The van der Waals surface area contributed by atoms with Crippen LogP contribution < -0.4 is 14.8 Å². The third kappa shape index (κ3) is 3.94. The maximum absolute atomic E-state index is 12.6. The summed E-state index contributed by atoms with van der Waals surface area (Å²) in [6, 6.07) is 14.1. The molecule has 0 radical (unpaired) electrons. The number of ether oxygens (including phenoxy) is 2. The van der Waals surface area contributed by atoms with Crippen LogP contribution in [0.5, 0.6) is 11.5 Å². The first-order valence-electron chi connectivity index (χ1n) is 8.48. The van der Waals surface area contributed by atoms with Crippen LogP contribution in [0, 0.1) is 0 Å². The molecule has 0 bridgehead atoms. The Bertz CT molecular complexity index is 791. The summed E-state index contributed by atoms with van der Waals surface area (Å²) in [6.45, 7) is 3.84. The minimum Gasteiger partial charge on any atom is -0.493 e. The molecule has 1 heterocycles. The van der Waals surface area contributed by atoms with Crippen molar-refractivity contribution in [3.8, 4) is 11.5 Å². The number of rotatable bonds is 5. The van der Waals surface area contributed by atoms with Gasteiger partial charge in [-0.2, -0.15) is 0 Å². The second kappa shape index (κ2) is 7.17. The molecule has 26 heavy (non-hydrogen) atoms. The zero-order valence-electron chi connectivity index (χ0n) is 14.8. The molecule has 1 amide bonds. The number of amides is 1. The van der Waals surface area contributed by atoms with Gasteiger partial charge in [-0.15, -0.1) is 0 Å². The number of hydrogen-bond donors (Lipinski definition) is 2. The number of aliphatic hydroxyl groups is 1. The lowest BCUT2D eigenvalue weighted by atomic mass is 9.88. The van der Waals surface area contributed by atoms with Gasteiger partial charge in [-0.25, -0.2) is 0 Å². The molecule has 0 saturated carbocycles. The van der Waals surface area contributed by atoms with Crippen molar-refractivity contribution >= 4 is 17.5 Å². The Morgan fingerprint density at radius 1 is 1.27 bits per heavy atom. The topological polar surface area (TPSA) is 67.8 Å². The van der Waals surface area contributed by atoms with Crippen molar-refractivity contribution in [3.63, 3.8) is 0 Å². The molecule has 2 aromatic carbocycles. The summed E-state index contributed by atoms with van der Waals surface area (Å²) in [5.41, 5.74) is -1.58. The lowest BCUT2D eigenvalue weighted by Crippen LogP contribution is -2.51. The fraction of sp³-hybridized carbons (Fsp3) is 0.350. The number of halogens is 1.